The van der Waals surface area contributed by atoms with Crippen LogP contribution in [-0.4, -0.2) is 6.54 Å². The molecule has 0 aromatic heterocycles. The molecule has 0 heterocycles. The van der Waals surface area contributed by atoms with E-state index in [4.69, 9.17) is 5.73 Å². The fourth-order valence-corrected chi connectivity index (χ4v) is 1.68. The lowest BCUT2D eigenvalue weighted by atomic mass is 9.98. The molecule has 0 aromatic rings. The second kappa shape index (κ2) is 4.76. The predicted octanol–water partition coefficient (Wildman–Crippen LogP) is 2.55. The van der Waals surface area contributed by atoms with E-state index in [0.29, 0.717) is 0 Å². The van der Waals surface area contributed by atoms with Gasteiger partial charge in [0, 0.05) is 0 Å². The van der Waals surface area contributed by atoms with Crippen molar-refractivity contribution >= 4 is 0 Å². The third-order valence-electron chi connectivity index (χ3n) is 2.58. The summed E-state index contributed by atoms with van der Waals surface area (Å²) in [4.78, 5) is 0. The zero-order chi connectivity index (χ0) is 8.10. The van der Waals surface area contributed by atoms with Crippen LogP contribution in [0.3, 0.4) is 0 Å². The molecule has 1 aliphatic carbocycles. The Hall–Kier alpha value is -0.0400. The van der Waals surface area contributed by atoms with Crippen molar-refractivity contribution in [3.63, 3.8) is 0 Å². The Morgan fingerprint density at radius 2 is 2.09 bits per heavy atom. The van der Waals surface area contributed by atoms with Gasteiger partial charge in [0.15, 0.2) is 0 Å². The molecule has 1 rings (SSSR count). The van der Waals surface area contributed by atoms with Crippen LogP contribution in [0, 0.1) is 11.8 Å². The third kappa shape index (κ3) is 4.41. The molecule has 0 radical (unpaired) electrons. The largest absolute Gasteiger partial charge is 0.330 e. The molecule has 1 unspecified atom stereocenters. The normalized spacial score (nSPS) is 20.2. The van der Waals surface area contributed by atoms with E-state index < -0.39 is 0 Å². The molecular formula is C10H21N. The van der Waals surface area contributed by atoms with Gasteiger partial charge in [-0.25, -0.2) is 0 Å². The summed E-state index contributed by atoms with van der Waals surface area (Å²) in [5.74, 6) is 2.05. The minimum atomic E-state index is 0.871. The van der Waals surface area contributed by atoms with Crippen molar-refractivity contribution in [2.75, 3.05) is 6.54 Å². The molecule has 0 spiro atoms. The van der Waals surface area contributed by atoms with Gasteiger partial charge in [0.1, 0.15) is 0 Å². The van der Waals surface area contributed by atoms with E-state index in [2.05, 4.69) is 6.92 Å². The molecule has 11 heavy (non-hydrogen) atoms. The van der Waals surface area contributed by atoms with E-state index in [1.54, 1.807) is 0 Å². The number of hydrogen-bond acceptors (Lipinski definition) is 1. The highest BCUT2D eigenvalue weighted by Gasteiger charge is 2.22. The lowest BCUT2D eigenvalue weighted by molar-refractivity contribution is 0.443. The van der Waals surface area contributed by atoms with Crippen LogP contribution in [0.4, 0.5) is 0 Å². The smallest absolute Gasteiger partial charge is 0.00773 e. The highest BCUT2D eigenvalue weighted by molar-refractivity contribution is 4.75. The first-order valence-corrected chi connectivity index (χ1v) is 5.03. The molecule has 66 valence electrons. The van der Waals surface area contributed by atoms with E-state index in [1.807, 2.05) is 0 Å². The van der Waals surface area contributed by atoms with Gasteiger partial charge in [0.05, 0.1) is 0 Å². The Morgan fingerprint density at radius 1 is 1.36 bits per heavy atom. The van der Waals surface area contributed by atoms with Crippen molar-refractivity contribution in [2.45, 2.75) is 45.4 Å². The minimum absolute atomic E-state index is 0.871. The standard InChI is InChI=1S/C10H21N/c1-9(4-2-3-7-11)8-10-5-6-10/h9-10H,2-8,11H2,1H3. The third-order valence-corrected chi connectivity index (χ3v) is 2.58. The average Bonchev–Trinajstić information content (AvgIpc) is 2.72. The molecule has 1 fully saturated rings. The van der Waals surface area contributed by atoms with Gasteiger partial charge in [0.2, 0.25) is 0 Å². The van der Waals surface area contributed by atoms with Crippen LogP contribution in [0.15, 0.2) is 0 Å². The summed E-state index contributed by atoms with van der Waals surface area (Å²) >= 11 is 0. The zero-order valence-corrected chi connectivity index (χ0v) is 7.68. The maximum atomic E-state index is 5.43. The van der Waals surface area contributed by atoms with Crippen molar-refractivity contribution in [1.29, 1.82) is 0 Å². The maximum Gasteiger partial charge on any atom is -0.00773 e. The number of nitrogens with two attached hydrogens (primary N) is 1. The van der Waals surface area contributed by atoms with Crippen molar-refractivity contribution in [1.82, 2.24) is 0 Å². The summed E-state index contributed by atoms with van der Waals surface area (Å²) in [5.41, 5.74) is 5.43. The molecule has 2 N–H and O–H groups in total. The first kappa shape index (κ1) is 9.05. The van der Waals surface area contributed by atoms with Gasteiger partial charge in [-0.1, -0.05) is 32.6 Å². The number of unbranched alkanes of at least 4 members (excludes halogenated alkanes) is 1. The van der Waals surface area contributed by atoms with Gasteiger partial charge < -0.3 is 5.73 Å². The Morgan fingerprint density at radius 3 is 2.64 bits per heavy atom. The van der Waals surface area contributed by atoms with Gasteiger partial charge in [-0.2, -0.15) is 0 Å². The molecule has 0 amide bonds. The Bertz CT molecular complexity index is 97.0. The molecule has 0 aromatic carbocycles. The molecule has 0 bridgehead atoms. The highest BCUT2D eigenvalue weighted by Crippen LogP contribution is 2.36. The Labute approximate surface area is 70.4 Å². The van der Waals surface area contributed by atoms with Crippen molar-refractivity contribution in [3.05, 3.63) is 0 Å². The van der Waals surface area contributed by atoms with Gasteiger partial charge >= 0.3 is 0 Å². The lowest BCUT2D eigenvalue weighted by Gasteiger charge is -2.08. The molecule has 0 saturated heterocycles. The van der Waals surface area contributed by atoms with E-state index >= 15 is 0 Å². The first-order chi connectivity index (χ1) is 5.33. The topological polar surface area (TPSA) is 26.0 Å². The predicted molar refractivity (Wildman–Crippen MR) is 49.4 cm³/mol. The Kier molecular flexibility index (Phi) is 3.92. The quantitative estimate of drug-likeness (QED) is 0.586. The van der Waals surface area contributed by atoms with E-state index in [-0.39, 0.29) is 0 Å². The monoisotopic (exact) mass is 155 g/mol. The van der Waals surface area contributed by atoms with Crippen LogP contribution in [-0.2, 0) is 0 Å². The van der Waals surface area contributed by atoms with Crippen LogP contribution in [0.5, 0.6) is 0 Å². The van der Waals surface area contributed by atoms with Crippen molar-refractivity contribution in [3.8, 4) is 0 Å². The molecule has 1 aliphatic rings. The first-order valence-electron chi connectivity index (χ1n) is 5.03. The summed E-state index contributed by atoms with van der Waals surface area (Å²) in [7, 11) is 0. The second-order valence-corrected chi connectivity index (χ2v) is 4.07. The maximum absolute atomic E-state index is 5.43. The summed E-state index contributed by atoms with van der Waals surface area (Å²) in [6.45, 7) is 3.25. The summed E-state index contributed by atoms with van der Waals surface area (Å²) in [5, 5.41) is 0. The summed E-state index contributed by atoms with van der Waals surface area (Å²) in [6, 6.07) is 0. The van der Waals surface area contributed by atoms with Gasteiger partial charge in [-0.3, -0.25) is 0 Å². The molecule has 1 atom stereocenters. The summed E-state index contributed by atoms with van der Waals surface area (Å²) in [6.07, 6.45) is 8.43. The van der Waals surface area contributed by atoms with E-state index in [0.717, 1.165) is 18.4 Å². The van der Waals surface area contributed by atoms with Crippen LogP contribution in [0.2, 0.25) is 0 Å². The van der Waals surface area contributed by atoms with E-state index in [1.165, 1.54) is 38.5 Å². The molecular weight excluding hydrogens is 134 g/mol. The second-order valence-electron chi connectivity index (χ2n) is 4.07. The average molecular weight is 155 g/mol. The molecule has 0 aliphatic heterocycles. The minimum Gasteiger partial charge on any atom is -0.330 e. The van der Waals surface area contributed by atoms with Crippen LogP contribution in [0.1, 0.15) is 45.4 Å². The van der Waals surface area contributed by atoms with Gasteiger partial charge in [-0.15, -0.1) is 0 Å². The van der Waals surface area contributed by atoms with Crippen molar-refractivity contribution in [2.24, 2.45) is 17.6 Å². The SMILES string of the molecule is CC(CCCCN)CC1CC1. The highest BCUT2D eigenvalue weighted by atomic mass is 14.5. The van der Waals surface area contributed by atoms with Crippen LogP contribution in [0.25, 0.3) is 0 Å². The molecule has 1 saturated carbocycles. The fraction of sp³-hybridized carbons (Fsp3) is 1.00. The van der Waals surface area contributed by atoms with Crippen molar-refractivity contribution < 1.29 is 0 Å². The van der Waals surface area contributed by atoms with Crippen LogP contribution >= 0.6 is 0 Å². The zero-order valence-electron chi connectivity index (χ0n) is 7.68. The fourth-order valence-electron chi connectivity index (χ4n) is 1.68. The Balaban J connectivity index is 1.87. The number of hydrogen-bond donors (Lipinski definition) is 1. The van der Waals surface area contributed by atoms with E-state index in [9.17, 15) is 0 Å². The lowest BCUT2D eigenvalue weighted by Crippen LogP contribution is -2.01. The molecule has 1 heteroatoms. The summed E-state index contributed by atoms with van der Waals surface area (Å²) < 4.78 is 0. The van der Waals surface area contributed by atoms with Crippen LogP contribution < -0.4 is 5.73 Å². The molecule has 1 nitrogen and oxygen atoms in total. The number of rotatable bonds is 6. The van der Waals surface area contributed by atoms with Gasteiger partial charge in [0.25, 0.3) is 0 Å². The van der Waals surface area contributed by atoms with Gasteiger partial charge in [-0.05, 0) is 31.2 Å².